The molecule has 0 bridgehead atoms. The summed E-state index contributed by atoms with van der Waals surface area (Å²) < 4.78 is 11.9. The minimum absolute atomic E-state index is 0.0360. The number of piperidine rings is 1. The molecule has 1 radical (unpaired) electrons. The Labute approximate surface area is 132 Å². The van der Waals surface area contributed by atoms with Gasteiger partial charge in [-0.1, -0.05) is 36.4 Å². The molecule has 1 N–H and O–H groups in total. The molecule has 0 aliphatic carbocycles. The molecule has 2 aromatic carbocycles. The second-order valence-electron chi connectivity index (χ2n) is 5.46. The Morgan fingerprint density at radius 1 is 1.18 bits per heavy atom. The van der Waals surface area contributed by atoms with E-state index in [1.165, 1.54) is 5.56 Å². The van der Waals surface area contributed by atoms with E-state index in [9.17, 15) is 0 Å². The van der Waals surface area contributed by atoms with Crippen molar-refractivity contribution in [2.75, 3.05) is 13.2 Å². The summed E-state index contributed by atoms with van der Waals surface area (Å²) in [4.78, 5) is 0. The van der Waals surface area contributed by atoms with Crippen molar-refractivity contribution in [1.82, 2.24) is 5.32 Å². The summed E-state index contributed by atoms with van der Waals surface area (Å²) in [6, 6.07) is 19.2. The lowest BCUT2D eigenvalue weighted by Crippen LogP contribution is -2.44. The highest BCUT2D eigenvalue weighted by molar-refractivity contribution is 5.40. The molecule has 1 saturated heterocycles. The summed E-state index contributed by atoms with van der Waals surface area (Å²) in [5.41, 5.74) is 1.27. The topological polar surface area (TPSA) is 30.5 Å². The van der Waals surface area contributed by atoms with Crippen molar-refractivity contribution < 1.29 is 9.47 Å². The second-order valence-corrected chi connectivity index (χ2v) is 5.46. The molecule has 3 rings (SSSR count). The number of ether oxygens (including phenoxy) is 2. The summed E-state index contributed by atoms with van der Waals surface area (Å²) in [7, 11) is 0. The molecule has 2 atom stereocenters. The molecule has 115 valence electrons. The predicted molar refractivity (Wildman–Crippen MR) is 87.3 cm³/mol. The van der Waals surface area contributed by atoms with E-state index in [0.29, 0.717) is 12.5 Å². The first-order valence-electron chi connectivity index (χ1n) is 7.96. The Morgan fingerprint density at radius 3 is 2.82 bits per heavy atom. The smallest absolute Gasteiger partial charge is 0.163 e. The van der Waals surface area contributed by atoms with Crippen molar-refractivity contribution in [1.29, 1.82) is 0 Å². The van der Waals surface area contributed by atoms with Crippen LogP contribution in [0, 0.1) is 6.07 Å². The van der Waals surface area contributed by atoms with Crippen LogP contribution in [0.3, 0.4) is 0 Å². The fourth-order valence-electron chi connectivity index (χ4n) is 2.92. The van der Waals surface area contributed by atoms with Crippen molar-refractivity contribution in [2.24, 2.45) is 0 Å². The number of hydrogen-bond donors (Lipinski definition) is 1. The third-order valence-electron chi connectivity index (χ3n) is 3.97. The lowest BCUT2D eigenvalue weighted by atomic mass is 9.90. The minimum Gasteiger partial charge on any atom is -0.490 e. The first-order valence-corrected chi connectivity index (χ1v) is 7.96. The third kappa shape index (κ3) is 3.42. The molecular weight excluding hydrogens is 274 g/mol. The van der Waals surface area contributed by atoms with Gasteiger partial charge in [0.1, 0.15) is 0 Å². The number of nitrogens with one attached hydrogen (secondary N) is 1. The summed E-state index contributed by atoms with van der Waals surface area (Å²) >= 11 is 0. The van der Waals surface area contributed by atoms with Crippen molar-refractivity contribution >= 4 is 0 Å². The minimum atomic E-state index is -0.0360. The van der Waals surface area contributed by atoms with Crippen LogP contribution in [-0.2, 0) is 0 Å². The molecule has 3 heteroatoms. The zero-order valence-corrected chi connectivity index (χ0v) is 12.9. The second kappa shape index (κ2) is 7.32. The Hall–Kier alpha value is -2.00. The molecule has 2 unspecified atom stereocenters. The zero-order valence-electron chi connectivity index (χ0n) is 12.9. The first kappa shape index (κ1) is 14.9. The molecular formula is C19H22NO2. The van der Waals surface area contributed by atoms with Gasteiger partial charge in [-0.3, -0.25) is 5.32 Å². The van der Waals surface area contributed by atoms with E-state index in [4.69, 9.17) is 9.47 Å². The van der Waals surface area contributed by atoms with Crippen molar-refractivity contribution in [2.45, 2.75) is 31.9 Å². The Morgan fingerprint density at radius 2 is 2.05 bits per heavy atom. The Balaban J connectivity index is 1.80. The van der Waals surface area contributed by atoms with Crippen LogP contribution in [0.1, 0.15) is 31.2 Å². The lowest BCUT2D eigenvalue weighted by Gasteiger charge is -2.33. The van der Waals surface area contributed by atoms with Crippen LogP contribution in [0.2, 0.25) is 0 Å². The van der Waals surface area contributed by atoms with Gasteiger partial charge in [0.25, 0.3) is 0 Å². The molecule has 1 aliphatic heterocycles. The molecule has 0 aromatic heterocycles. The van der Waals surface area contributed by atoms with E-state index < -0.39 is 0 Å². The fourth-order valence-corrected chi connectivity index (χ4v) is 2.92. The maximum Gasteiger partial charge on any atom is 0.163 e. The predicted octanol–water partition coefficient (Wildman–Crippen LogP) is 3.76. The summed E-state index contributed by atoms with van der Waals surface area (Å²) in [5, 5.41) is 3.49. The Bertz CT molecular complexity index is 585. The molecule has 1 aliphatic rings. The molecule has 3 nitrogen and oxygen atoms in total. The van der Waals surface area contributed by atoms with Crippen LogP contribution in [0.25, 0.3) is 0 Å². The van der Waals surface area contributed by atoms with Crippen LogP contribution >= 0.6 is 0 Å². The highest BCUT2D eigenvalue weighted by Crippen LogP contribution is 2.33. The molecule has 2 aromatic rings. The van der Waals surface area contributed by atoms with Gasteiger partial charge in [0.15, 0.2) is 17.7 Å². The maximum absolute atomic E-state index is 6.26. The van der Waals surface area contributed by atoms with Gasteiger partial charge in [-0.15, -0.1) is 0 Å². The SMILES string of the molecule is CCOc1ccccc1OC1NCCCC1c1c[c]ccc1. The zero-order chi connectivity index (χ0) is 15.2. The van der Waals surface area contributed by atoms with Crippen LogP contribution < -0.4 is 14.8 Å². The van der Waals surface area contributed by atoms with E-state index in [0.717, 1.165) is 30.9 Å². The highest BCUT2D eigenvalue weighted by Gasteiger charge is 2.28. The fraction of sp³-hybridized carbons (Fsp3) is 0.368. The van der Waals surface area contributed by atoms with E-state index in [-0.39, 0.29) is 6.23 Å². The van der Waals surface area contributed by atoms with Gasteiger partial charge in [0, 0.05) is 5.92 Å². The van der Waals surface area contributed by atoms with E-state index in [1.807, 2.05) is 43.3 Å². The highest BCUT2D eigenvalue weighted by atomic mass is 16.5. The van der Waals surface area contributed by atoms with Gasteiger partial charge < -0.3 is 9.47 Å². The van der Waals surface area contributed by atoms with Gasteiger partial charge in [0.2, 0.25) is 0 Å². The van der Waals surface area contributed by atoms with Crippen molar-refractivity contribution in [3.05, 3.63) is 60.2 Å². The quantitative estimate of drug-likeness (QED) is 0.911. The van der Waals surface area contributed by atoms with Gasteiger partial charge in [-0.05, 0) is 50.1 Å². The summed E-state index contributed by atoms with van der Waals surface area (Å²) in [6.45, 7) is 3.60. The molecule has 1 fully saturated rings. The number of para-hydroxylation sites is 2. The van der Waals surface area contributed by atoms with Crippen LogP contribution in [0.15, 0.2) is 48.5 Å². The summed E-state index contributed by atoms with van der Waals surface area (Å²) in [6.07, 6.45) is 2.24. The maximum atomic E-state index is 6.26. The first-order chi connectivity index (χ1) is 10.9. The number of benzene rings is 2. The molecule has 0 saturated carbocycles. The van der Waals surface area contributed by atoms with E-state index in [1.54, 1.807) is 0 Å². The third-order valence-corrected chi connectivity index (χ3v) is 3.97. The van der Waals surface area contributed by atoms with Crippen molar-refractivity contribution in [3.8, 4) is 11.5 Å². The largest absolute Gasteiger partial charge is 0.490 e. The van der Waals surface area contributed by atoms with E-state index in [2.05, 4.69) is 23.5 Å². The average Bonchev–Trinajstić information content (AvgIpc) is 2.58. The monoisotopic (exact) mass is 296 g/mol. The number of hydrogen-bond acceptors (Lipinski definition) is 3. The van der Waals surface area contributed by atoms with Gasteiger partial charge in [-0.25, -0.2) is 0 Å². The van der Waals surface area contributed by atoms with Gasteiger partial charge in [0.05, 0.1) is 6.61 Å². The van der Waals surface area contributed by atoms with Crippen molar-refractivity contribution in [3.63, 3.8) is 0 Å². The van der Waals surface area contributed by atoms with E-state index >= 15 is 0 Å². The van der Waals surface area contributed by atoms with Gasteiger partial charge >= 0.3 is 0 Å². The Kier molecular flexibility index (Phi) is 4.96. The molecule has 0 amide bonds. The average molecular weight is 296 g/mol. The van der Waals surface area contributed by atoms with Crippen LogP contribution in [0.5, 0.6) is 11.5 Å². The number of rotatable bonds is 5. The standard InChI is InChI=1S/C19H22NO2/c1-2-21-17-12-6-7-13-18(17)22-19-16(11-8-14-20-19)15-9-4-3-5-10-15/h3-4,6-7,9-10,12-13,16,19-20H,2,8,11,14H2,1H3. The van der Waals surface area contributed by atoms with Gasteiger partial charge in [-0.2, -0.15) is 0 Å². The molecule has 0 spiro atoms. The summed E-state index contributed by atoms with van der Waals surface area (Å²) in [5.74, 6) is 1.94. The molecule has 1 heterocycles. The molecule has 22 heavy (non-hydrogen) atoms. The van der Waals surface area contributed by atoms with Crippen LogP contribution in [-0.4, -0.2) is 19.4 Å². The van der Waals surface area contributed by atoms with Crippen LogP contribution in [0.4, 0.5) is 0 Å². The normalized spacial score (nSPS) is 21.3. The lowest BCUT2D eigenvalue weighted by molar-refractivity contribution is 0.104.